The molecule has 0 saturated carbocycles. The van der Waals surface area contributed by atoms with E-state index in [-0.39, 0.29) is 34.7 Å². The first-order chi connectivity index (χ1) is 12.6. The Balaban J connectivity index is 1.66. The van der Waals surface area contributed by atoms with Crippen molar-refractivity contribution in [2.75, 3.05) is 18.1 Å². The van der Waals surface area contributed by atoms with E-state index in [2.05, 4.69) is 5.32 Å². The Morgan fingerprint density at radius 3 is 2.74 bits per heavy atom. The Labute approximate surface area is 159 Å². The largest absolute Gasteiger partial charge is 0.450 e. The van der Waals surface area contributed by atoms with Gasteiger partial charge in [0.2, 0.25) is 5.76 Å². The van der Waals surface area contributed by atoms with Gasteiger partial charge in [0, 0.05) is 11.1 Å². The minimum atomic E-state index is -3.18. The summed E-state index contributed by atoms with van der Waals surface area (Å²) in [6, 6.07) is 5.33. The zero-order valence-corrected chi connectivity index (χ0v) is 15.9. The van der Waals surface area contributed by atoms with Gasteiger partial charge in [0.15, 0.2) is 21.9 Å². The van der Waals surface area contributed by atoms with Crippen LogP contribution in [-0.2, 0) is 19.4 Å². The lowest BCUT2D eigenvalue weighted by atomic mass is 10.0. The predicted octanol–water partition coefficient (Wildman–Crippen LogP) is 1.30. The average molecular weight is 414 g/mol. The number of sulfone groups is 1. The maximum atomic E-state index is 12.1. The molecule has 0 bridgehead atoms. The van der Waals surface area contributed by atoms with Crippen LogP contribution in [0, 0.1) is 0 Å². The Hall–Kier alpha value is -2.39. The molecule has 0 unspecified atom stereocenters. The molecule has 2 aromatic rings. The van der Waals surface area contributed by atoms with Gasteiger partial charge in [0.1, 0.15) is 5.58 Å². The molecule has 1 fully saturated rings. The Morgan fingerprint density at radius 1 is 1.33 bits per heavy atom. The summed E-state index contributed by atoms with van der Waals surface area (Å²) >= 11 is 5.82. The van der Waals surface area contributed by atoms with Crippen molar-refractivity contribution in [1.29, 1.82) is 0 Å². The Kier molecular flexibility index (Phi) is 5.00. The lowest BCUT2D eigenvalue weighted by Crippen LogP contribution is -2.48. The van der Waals surface area contributed by atoms with Crippen LogP contribution < -0.4 is 10.7 Å². The van der Waals surface area contributed by atoms with E-state index >= 15 is 0 Å². The zero-order valence-electron chi connectivity index (χ0n) is 14.3. The van der Waals surface area contributed by atoms with E-state index in [1.54, 1.807) is 6.92 Å². The van der Waals surface area contributed by atoms with Crippen molar-refractivity contribution >= 4 is 44.3 Å². The molecule has 8 nitrogen and oxygen atoms in total. The third-order valence-corrected chi connectivity index (χ3v) is 6.31. The quantitative estimate of drug-likeness (QED) is 0.750. The van der Waals surface area contributed by atoms with E-state index in [1.165, 1.54) is 18.2 Å². The maximum absolute atomic E-state index is 12.1. The molecule has 1 atom stereocenters. The van der Waals surface area contributed by atoms with E-state index in [1.807, 2.05) is 0 Å². The van der Waals surface area contributed by atoms with Crippen LogP contribution in [-0.4, -0.2) is 43.9 Å². The van der Waals surface area contributed by atoms with Gasteiger partial charge in [-0.3, -0.25) is 9.59 Å². The summed E-state index contributed by atoms with van der Waals surface area (Å²) in [6.45, 7) is 0.988. The van der Waals surface area contributed by atoms with Crippen LogP contribution in [0.2, 0.25) is 5.02 Å². The van der Waals surface area contributed by atoms with E-state index in [4.69, 9.17) is 20.8 Å². The number of hydrogen-bond donors (Lipinski definition) is 1. The van der Waals surface area contributed by atoms with Crippen LogP contribution in [0.15, 0.2) is 33.5 Å². The van der Waals surface area contributed by atoms with Gasteiger partial charge < -0.3 is 14.5 Å². The second kappa shape index (κ2) is 6.97. The summed E-state index contributed by atoms with van der Waals surface area (Å²) in [5, 5.41) is 3.13. The topological polar surface area (TPSA) is 120 Å². The lowest BCUT2D eigenvalue weighted by Gasteiger charge is -2.23. The van der Waals surface area contributed by atoms with Gasteiger partial charge in [-0.25, -0.2) is 13.2 Å². The number of ether oxygens (including phenoxy) is 1. The summed E-state index contributed by atoms with van der Waals surface area (Å²) in [6.07, 6.45) is 0.289. The van der Waals surface area contributed by atoms with Gasteiger partial charge in [-0.2, -0.15) is 0 Å². The van der Waals surface area contributed by atoms with Crippen molar-refractivity contribution in [2.45, 2.75) is 18.9 Å². The minimum Gasteiger partial charge on any atom is -0.450 e. The molecular weight excluding hydrogens is 398 g/mol. The van der Waals surface area contributed by atoms with Crippen molar-refractivity contribution < 1.29 is 27.2 Å². The average Bonchev–Trinajstić information content (AvgIpc) is 2.86. The first kappa shape index (κ1) is 19.4. The molecule has 27 heavy (non-hydrogen) atoms. The zero-order chi connectivity index (χ0) is 19.8. The van der Waals surface area contributed by atoms with Gasteiger partial charge in [-0.15, -0.1) is 0 Å². The molecule has 144 valence electrons. The number of rotatable bonds is 4. The summed E-state index contributed by atoms with van der Waals surface area (Å²) in [7, 11) is -3.18. The highest BCUT2D eigenvalue weighted by molar-refractivity contribution is 7.91. The Bertz CT molecular complexity index is 1090. The van der Waals surface area contributed by atoms with E-state index < -0.39 is 39.3 Å². The lowest BCUT2D eigenvalue weighted by molar-refractivity contribution is -0.125. The highest BCUT2D eigenvalue weighted by atomic mass is 35.5. The van der Waals surface area contributed by atoms with Gasteiger partial charge in [-0.05, 0) is 31.5 Å². The maximum Gasteiger partial charge on any atom is 0.374 e. The minimum absolute atomic E-state index is 0.00414. The Morgan fingerprint density at radius 2 is 2.07 bits per heavy atom. The van der Waals surface area contributed by atoms with Crippen molar-refractivity contribution in [2.24, 2.45) is 0 Å². The molecule has 2 heterocycles. The summed E-state index contributed by atoms with van der Waals surface area (Å²) < 4.78 is 33.3. The number of carbonyl (C=O) groups excluding carboxylic acids is 2. The normalized spacial score (nSPS) is 21.1. The highest BCUT2D eigenvalue weighted by Gasteiger charge is 2.39. The number of nitrogens with one attached hydrogen (secondary N) is 1. The number of halogens is 1. The summed E-state index contributed by atoms with van der Waals surface area (Å²) in [4.78, 5) is 36.1. The molecule has 1 aromatic carbocycles. The number of fused-ring (bicyclic) bond motifs is 1. The molecule has 1 saturated heterocycles. The van der Waals surface area contributed by atoms with Crippen LogP contribution in [0.5, 0.6) is 0 Å². The summed E-state index contributed by atoms with van der Waals surface area (Å²) in [5.74, 6) is -2.14. The number of hydrogen-bond acceptors (Lipinski definition) is 7. The molecule has 1 aromatic heterocycles. The van der Waals surface area contributed by atoms with Gasteiger partial charge in [0.05, 0.1) is 22.4 Å². The third-order valence-electron chi connectivity index (χ3n) is 4.17. The molecular formula is C17H16ClNO7S. The fraction of sp³-hybridized carbons (Fsp3) is 0.353. The third kappa shape index (κ3) is 4.48. The number of benzene rings is 1. The molecule has 1 N–H and O–H groups in total. The highest BCUT2D eigenvalue weighted by Crippen LogP contribution is 2.22. The van der Waals surface area contributed by atoms with Crippen LogP contribution in [0.3, 0.4) is 0 Å². The van der Waals surface area contributed by atoms with Crippen LogP contribution >= 0.6 is 11.6 Å². The molecule has 0 aliphatic carbocycles. The molecule has 1 aliphatic heterocycles. The molecule has 10 heteroatoms. The molecule has 0 spiro atoms. The molecule has 3 rings (SSSR count). The first-order valence-corrected chi connectivity index (χ1v) is 10.2. The van der Waals surface area contributed by atoms with Crippen molar-refractivity contribution in [1.82, 2.24) is 5.32 Å². The van der Waals surface area contributed by atoms with E-state index in [0.29, 0.717) is 5.02 Å². The standard InChI is InChI=1S/C17H16ClNO7S/c1-17(4-5-27(23,24)9-17)19-15(21)8-25-16(22)14-7-12(20)11-6-10(18)2-3-13(11)26-14/h2-3,6-7H,4-5,8-9H2,1H3,(H,19,21)/t17-/m0/s1. The SMILES string of the molecule is C[C@]1(NC(=O)COC(=O)c2cc(=O)c3cc(Cl)ccc3o2)CCS(=O)(=O)C1. The van der Waals surface area contributed by atoms with Gasteiger partial charge in [-0.1, -0.05) is 11.6 Å². The number of carbonyl (C=O) groups is 2. The van der Waals surface area contributed by atoms with Crippen molar-refractivity contribution in [3.8, 4) is 0 Å². The molecule has 0 radical (unpaired) electrons. The second-order valence-electron chi connectivity index (χ2n) is 6.64. The van der Waals surface area contributed by atoms with Gasteiger partial charge >= 0.3 is 5.97 Å². The van der Waals surface area contributed by atoms with Gasteiger partial charge in [0.25, 0.3) is 5.91 Å². The van der Waals surface area contributed by atoms with Crippen LogP contribution in [0.4, 0.5) is 0 Å². The molecule has 1 aliphatic rings. The van der Waals surface area contributed by atoms with E-state index in [9.17, 15) is 22.8 Å². The monoisotopic (exact) mass is 413 g/mol. The fourth-order valence-electron chi connectivity index (χ4n) is 2.91. The smallest absolute Gasteiger partial charge is 0.374 e. The number of esters is 1. The predicted molar refractivity (Wildman–Crippen MR) is 97.6 cm³/mol. The van der Waals surface area contributed by atoms with E-state index in [0.717, 1.165) is 6.07 Å². The first-order valence-electron chi connectivity index (χ1n) is 7.99. The number of amides is 1. The fourth-order valence-corrected chi connectivity index (χ4v) is 5.18. The second-order valence-corrected chi connectivity index (χ2v) is 9.26. The van der Waals surface area contributed by atoms with Crippen molar-refractivity contribution in [3.63, 3.8) is 0 Å². The van der Waals surface area contributed by atoms with Crippen LogP contribution in [0.25, 0.3) is 11.0 Å². The molecule has 1 amide bonds. The summed E-state index contributed by atoms with van der Waals surface area (Å²) in [5.41, 5.74) is -1.21. The van der Waals surface area contributed by atoms with Crippen LogP contribution in [0.1, 0.15) is 23.9 Å². The van der Waals surface area contributed by atoms with Crippen molar-refractivity contribution in [3.05, 3.63) is 45.3 Å².